The second-order valence-electron chi connectivity index (χ2n) is 4.06. The average molecular weight is 284 g/mol. The first-order valence-electron chi connectivity index (χ1n) is 5.29. The number of nitrogens with one attached hydrogen (secondary N) is 1. The first-order chi connectivity index (χ1) is 7.74. The highest BCUT2D eigenvalue weighted by molar-refractivity contribution is 9.09. The molecule has 1 saturated carbocycles. The fourth-order valence-electron chi connectivity index (χ4n) is 1.44. The van der Waals surface area contributed by atoms with E-state index >= 15 is 0 Å². The minimum atomic E-state index is -0.0548. The molecular formula is C12H14BrNO2. The quantitative estimate of drug-likeness (QED) is 0.841. The molecule has 1 fully saturated rings. The summed E-state index contributed by atoms with van der Waals surface area (Å²) in [7, 11) is 0. The summed E-state index contributed by atoms with van der Waals surface area (Å²) < 4.78 is 5.36. The number of rotatable bonds is 5. The third-order valence-electron chi connectivity index (χ3n) is 2.63. The predicted octanol–water partition coefficient (Wildman–Crippen LogP) is 2.11. The van der Waals surface area contributed by atoms with Crippen LogP contribution in [0.5, 0.6) is 5.75 Å². The van der Waals surface area contributed by atoms with Crippen molar-refractivity contribution in [1.82, 2.24) is 5.32 Å². The lowest BCUT2D eigenvalue weighted by Gasteiger charge is -2.14. The topological polar surface area (TPSA) is 38.3 Å². The van der Waals surface area contributed by atoms with E-state index in [1.165, 1.54) is 0 Å². The van der Waals surface area contributed by atoms with Crippen LogP contribution in [0.3, 0.4) is 0 Å². The van der Waals surface area contributed by atoms with Crippen molar-refractivity contribution in [2.24, 2.45) is 0 Å². The van der Waals surface area contributed by atoms with Gasteiger partial charge in [0.2, 0.25) is 0 Å². The molecule has 1 amide bonds. The molecule has 1 aromatic rings. The van der Waals surface area contributed by atoms with Crippen LogP contribution in [0.4, 0.5) is 0 Å². The number of hydrogen-bond donors (Lipinski definition) is 1. The van der Waals surface area contributed by atoms with Gasteiger partial charge in [0.25, 0.3) is 5.91 Å². The Morgan fingerprint density at radius 2 is 2.06 bits per heavy atom. The van der Waals surface area contributed by atoms with E-state index in [1.54, 1.807) is 0 Å². The second kappa shape index (κ2) is 4.87. The van der Waals surface area contributed by atoms with Crippen LogP contribution in [-0.2, 0) is 4.79 Å². The highest BCUT2D eigenvalue weighted by Crippen LogP contribution is 2.36. The van der Waals surface area contributed by atoms with Crippen LogP contribution in [-0.4, -0.2) is 23.4 Å². The molecule has 0 aliphatic heterocycles. The van der Waals surface area contributed by atoms with E-state index in [2.05, 4.69) is 21.2 Å². The van der Waals surface area contributed by atoms with Crippen LogP contribution in [0, 0.1) is 0 Å². The zero-order chi connectivity index (χ0) is 11.4. The predicted molar refractivity (Wildman–Crippen MR) is 65.8 cm³/mol. The van der Waals surface area contributed by atoms with Crippen molar-refractivity contribution in [2.75, 3.05) is 11.9 Å². The Kier molecular flexibility index (Phi) is 3.49. The van der Waals surface area contributed by atoms with E-state index in [9.17, 15) is 4.79 Å². The maximum absolute atomic E-state index is 11.6. The average Bonchev–Trinajstić information content (AvgIpc) is 3.08. The first kappa shape index (κ1) is 11.5. The minimum Gasteiger partial charge on any atom is -0.484 e. The van der Waals surface area contributed by atoms with Gasteiger partial charge < -0.3 is 10.1 Å². The largest absolute Gasteiger partial charge is 0.484 e. The molecule has 86 valence electrons. The van der Waals surface area contributed by atoms with Gasteiger partial charge in [-0.1, -0.05) is 34.1 Å². The highest BCUT2D eigenvalue weighted by atomic mass is 79.9. The van der Waals surface area contributed by atoms with Gasteiger partial charge in [-0.25, -0.2) is 0 Å². The molecule has 3 nitrogen and oxygen atoms in total. The van der Waals surface area contributed by atoms with E-state index in [4.69, 9.17) is 4.74 Å². The van der Waals surface area contributed by atoms with Crippen LogP contribution in [0.2, 0.25) is 0 Å². The van der Waals surface area contributed by atoms with E-state index in [-0.39, 0.29) is 18.1 Å². The van der Waals surface area contributed by atoms with Gasteiger partial charge in [0.1, 0.15) is 5.75 Å². The number of ether oxygens (including phenoxy) is 1. The standard InChI is InChI=1S/C12H14BrNO2/c13-9-12(6-7-12)14-11(15)8-16-10-4-2-1-3-5-10/h1-5H,6-9H2,(H,14,15). The Bertz CT molecular complexity index is 363. The van der Waals surface area contributed by atoms with Crippen LogP contribution < -0.4 is 10.1 Å². The molecular weight excluding hydrogens is 270 g/mol. The molecule has 16 heavy (non-hydrogen) atoms. The number of para-hydroxylation sites is 1. The Morgan fingerprint density at radius 3 is 2.62 bits per heavy atom. The molecule has 0 spiro atoms. The fourth-order valence-corrected chi connectivity index (χ4v) is 2.14. The van der Waals surface area contributed by atoms with Gasteiger partial charge >= 0.3 is 0 Å². The minimum absolute atomic E-state index is 0.00285. The van der Waals surface area contributed by atoms with Crippen molar-refractivity contribution in [1.29, 1.82) is 0 Å². The molecule has 0 unspecified atom stereocenters. The maximum Gasteiger partial charge on any atom is 0.258 e. The molecule has 0 atom stereocenters. The first-order valence-corrected chi connectivity index (χ1v) is 6.41. The lowest BCUT2D eigenvalue weighted by atomic mass is 10.3. The number of carbonyl (C=O) groups is 1. The highest BCUT2D eigenvalue weighted by Gasteiger charge is 2.42. The normalized spacial score (nSPS) is 16.6. The zero-order valence-electron chi connectivity index (χ0n) is 8.91. The summed E-state index contributed by atoms with van der Waals surface area (Å²) in [6, 6.07) is 9.36. The Labute approximate surface area is 103 Å². The molecule has 0 heterocycles. The molecule has 1 aliphatic rings. The Hall–Kier alpha value is -1.03. The number of alkyl halides is 1. The van der Waals surface area contributed by atoms with Gasteiger partial charge in [0.15, 0.2) is 6.61 Å². The van der Waals surface area contributed by atoms with E-state index < -0.39 is 0 Å². The number of halogens is 1. The number of amides is 1. The smallest absolute Gasteiger partial charge is 0.258 e. The van der Waals surface area contributed by atoms with Gasteiger partial charge in [-0.3, -0.25) is 4.79 Å². The molecule has 2 rings (SSSR count). The van der Waals surface area contributed by atoms with Crippen molar-refractivity contribution in [2.45, 2.75) is 18.4 Å². The third-order valence-corrected chi connectivity index (χ3v) is 3.70. The van der Waals surface area contributed by atoms with E-state index in [1.807, 2.05) is 30.3 Å². The van der Waals surface area contributed by atoms with Gasteiger partial charge in [-0.2, -0.15) is 0 Å². The molecule has 0 bridgehead atoms. The van der Waals surface area contributed by atoms with Crippen molar-refractivity contribution in [3.63, 3.8) is 0 Å². The lowest BCUT2D eigenvalue weighted by Crippen LogP contribution is -2.40. The summed E-state index contributed by atoms with van der Waals surface area (Å²) >= 11 is 3.40. The molecule has 0 radical (unpaired) electrons. The molecule has 1 N–H and O–H groups in total. The summed E-state index contributed by atoms with van der Waals surface area (Å²) in [4.78, 5) is 11.6. The monoisotopic (exact) mass is 283 g/mol. The summed E-state index contributed by atoms with van der Waals surface area (Å²) in [5, 5.41) is 3.79. The maximum atomic E-state index is 11.6. The number of hydrogen-bond acceptors (Lipinski definition) is 2. The molecule has 4 heteroatoms. The van der Waals surface area contributed by atoms with Crippen molar-refractivity contribution < 1.29 is 9.53 Å². The summed E-state index contributed by atoms with van der Waals surface area (Å²) in [6.07, 6.45) is 2.10. The van der Waals surface area contributed by atoms with Crippen molar-refractivity contribution in [3.8, 4) is 5.75 Å². The van der Waals surface area contributed by atoms with Gasteiger partial charge in [-0.15, -0.1) is 0 Å². The van der Waals surface area contributed by atoms with E-state index in [0.29, 0.717) is 0 Å². The van der Waals surface area contributed by atoms with E-state index in [0.717, 1.165) is 23.9 Å². The molecule has 0 saturated heterocycles. The summed E-state index contributed by atoms with van der Waals surface area (Å²) in [5.41, 5.74) is -0.00285. The van der Waals surface area contributed by atoms with Crippen LogP contribution in [0.1, 0.15) is 12.8 Å². The molecule has 1 aliphatic carbocycles. The third kappa shape index (κ3) is 2.98. The summed E-state index contributed by atoms with van der Waals surface area (Å²) in [5.74, 6) is 0.669. The number of benzene rings is 1. The van der Waals surface area contributed by atoms with Gasteiger partial charge in [0, 0.05) is 10.9 Å². The Balaban J connectivity index is 1.76. The lowest BCUT2D eigenvalue weighted by molar-refractivity contribution is -0.123. The molecule has 1 aromatic carbocycles. The van der Waals surface area contributed by atoms with Gasteiger partial charge in [-0.05, 0) is 25.0 Å². The SMILES string of the molecule is O=C(COc1ccccc1)NC1(CBr)CC1. The summed E-state index contributed by atoms with van der Waals surface area (Å²) in [6.45, 7) is 0.0821. The van der Waals surface area contributed by atoms with Crippen molar-refractivity contribution in [3.05, 3.63) is 30.3 Å². The van der Waals surface area contributed by atoms with Gasteiger partial charge in [0.05, 0.1) is 0 Å². The zero-order valence-corrected chi connectivity index (χ0v) is 10.5. The van der Waals surface area contributed by atoms with Crippen LogP contribution in [0.15, 0.2) is 30.3 Å². The van der Waals surface area contributed by atoms with Crippen molar-refractivity contribution >= 4 is 21.8 Å². The second-order valence-corrected chi connectivity index (χ2v) is 4.62. The van der Waals surface area contributed by atoms with Crippen LogP contribution in [0.25, 0.3) is 0 Å². The fraction of sp³-hybridized carbons (Fsp3) is 0.417. The molecule has 0 aromatic heterocycles. The Morgan fingerprint density at radius 1 is 1.38 bits per heavy atom. The number of carbonyl (C=O) groups excluding carboxylic acids is 1. The van der Waals surface area contributed by atoms with Crippen LogP contribution >= 0.6 is 15.9 Å².